The average Bonchev–Trinajstić information content (AvgIpc) is 3.83. The summed E-state index contributed by atoms with van der Waals surface area (Å²) in [5.74, 6) is 0.823. The van der Waals surface area contributed by atoms with Crippen molar-refractivity contribution < 1.29 is 0 Å². The van der Waals surface area contributed by atoms with Crippen molar-refractivity contribution in [1.82, 2.24) is 19.1 Å². The van der Waals surface area contributed by atoms with Crippen LogP contribution < -0.4 is 0 Å². The zero-order chi connectivity index (χ0) is 36.4. The van der Waals surface area contributed by atoms with Gasteiger partial charge in [-0.1, -0.05) is 141 Å². The van der Waals surface area contributed by atoms with Gasteiger partial charge in [-0.05, 0) is 75.5 Å². The average molecular weight is 703 g/mol. The summed E-state index contributed by atoms with van der Waals surface area (Å²) in [7, 11) is 0. The molecule has 258 valence electrons. The van der Waals surface area contributed by atoms with Gasteiger partial charge in [0.15, 0.2) is 5.82 Å². The van der Waals surface area contributed by atoms with Crippen LogP contribution in [0.15, 0.2) is 170 Å². The van der Waals surface area contributed by atoms with Crippen LogP contribution in [0.5, 0.6) is 0 Å². The Morgan fingerprint density at radius 3 is 1.87 bits per heavy atom. The highest BCUT2D eigenvalue weighted by molar-refractivity contribution is 6.22. The van der Waals surface area contributed by atoms with Gasteiger partial charge in [0, 0.05) is 38.2 Å². The third kappa shape index (κ3) is 4.11. The molecule has 3 aromatic heterocycles. The van der Waals surface area contributed by atoms with E-state index in [1.54, 1.807) is 0 Å². The molecule has 0 saturated carbocycles. The maximum absolute atomic E-state index is 5.58. The minimum atomic E-state index is -0.144. The molecule has 0 unspecified atom stereocenters. The first kappa shape index (κ1) is 30.4. The molecule has 0 amide bonds. The SMILES string of the molecule is CC1(C)c2ccccc2-c2c(-c3nc4ccccc4nc3-n3c4cc(-n5c6ccccc6c6ccccc65)ccc4c4c5ccccc5ccc43)cccc21. The van der Waals surface area contributed by atoms with Crippen LogP contribution in [0.2, 0.25) is 0 Å². The van der Waals surface area contributed by atoms with E-state index in [2.05, 4.69) is 193 Å². The first-order chi connectivity index (χ1) is 27.1. The van der Waals surface area contributed by atoms with Crippen molar-refractivity contribution in [3.63, 3.8) is 0 Å². The van der Waals surface area contributed by atoms with Crippen LogP contribution >= 0.6 is 0 Å². The van der Waals surface area contributed by atoms with E-state index in [4.69, 9.17) is 9.97 Å². The Hall–Kier alpha value is -7.04. The van der Waals surface area contributed by atoms with E-state index in [9.17, 15) is 0 Å². The Morgan fingerprint density at radius 2 is 1.07 bits per heavy atom. The maximum atomic E-state index is 5.58. The van der Waals surface area contributed by atoms with Crippen molar-refractivity contribution in [1.29, 1.82) is 0 Å². The van der Waals surface area contributed by atoms with Crippen LogP contribution in [0.25, 0.3) is 99.3 Å². The Balaban J connectivity index is 1.24. The van der Waals surface area contributed by atoms with Crippen LogP contribution in [0.3, 0.4) is 0 Å². The third-order valence-corrected chi connectivity index (χ3v) is 12.1. The van der Waals surface area contributed by atoms with E-state index in [1.165, 1.54) is 65.6 Å². The topological polar surface area (TPSA) is 35.6 Å². The lowest BCUT2D eigenvalue weighted by molar-refractivity contribution is 0.660. The van der Waals surface area contributed by atoms with E-state index in [1.807, 2.05) is 0 Å². The van der Waals surface area contributed by atoms with Crippen molar-refractivity contribution in [2.24, 2.45) is 0 Å². The van der Waals surface area contributed by atoms with Gasteiger partial charge in [0.05, 0.1) is 33.1 Å². The first-order valence-corrected chi connectivity index (χ1v) is 19.0. The predicted octanol–water partition coefficient (Wildman–Crippen LogP) is 13.0. The fourth-order valence-corrected chi connectivity index (χ4v) is 9.62. The van der Waals surface area contributed by atoms with Crippen molar-refractivity contribution in [3.8, 4) is 33.9 Å². The van der Waals surface area contributed by atoms with E-state index < -0.39 is 0 Å². The first-order valence-electron chi connectivity index (χ1n) is 19.0. The van der Waals surface area contributed by atoms with Gasteiger partial charge in [-0.3, -0.25) is 4.57 Å². The predicted molar refractivity (Wildman–Crippen MR) is 229 cm³/mol. The van der Waals surface area contributed by atoms with Gasteiger partial charge >= 0.3 is 0 Å². The summed E-state index contributed by atoms with van der Waals surface area (Å²) in [6.07, 6.45) is 0. The van der Waals surface area contributed by atoms with Crippen LogP contribution in [-0.4, -0.2) is 19.1 Å². The summed E-state index contributed by atoms with van der Waals surface area (Å²) >= 11 is 0. The number of rotatable bonds is 3. The molecule has 11 aromatic rings. The molecule has 0 aliphatic heterocycles. The van der Waals surface area contributed by atoms with Crippen LogP contribution in [0, 0.1) is 0 Å². The molecule has 0 N–H and O–H groups in total. The highest BCUT2D eigenvalue weighted by Gasteiger charge is 2.37. The third-order valence-electron chi connectivity index (χ3n) is 12.1. The molecular formula is C51H34N4. The van der Waals surface area contributed by atoms with Gasteiger partial charge in [-0.15, -0.1) is 0 Å². The van der Waals surface area contributed by atoms with Gasteiger partial charge in [-0.2, -0.15) is 0 Å². The molecule has 4 heteroatoms. The van der Waals surface area contributed by atoms with Gasteiger partial charge in [0.25, 0.3) is 0 Å². The number of hydrogen-bond donors (Lipinski definition) is 0. The van der Waals surface area contributed by atoms with Gasteiger partial charge in [-0.25, -0.2) is 9.97 Å². The molecule has 8 aromatic carbocycles. The lowest BCUT2D eigenvalue weighted by atomic mass is 9.82. The lowest BCUT2D eigenvalue weighted by Crippen LogP contribution is -2.14. The maximum Gasteiger partial charge on any atom is 0.165 e. The largest absolute Gasteiger partial charge is 0.309 e. The fourth-order valence-electron chi connectivity index (χ4n) is 9.62. The molecule has 12 rings (SSSR count). The summed E-state index contributed by atoms with van der Waals surface area (Å²) in [6.45, 7) is 4.67. The second-order valence-electron chi connectivity index (χ2n) is 15.4. The molecule has 3 heterocycles. The molecule has 0 spiro atoms. The van der Waals surface area contributed by atoms with Crippen molar-refractivity contribution >= 4 is 65.4 Å². The summed E-state index contributed by atoms with van der Waals surface area (Å²) in [4.78, 5) is 11.1. The Kier molecular flexibility index (Phi) is 6.09. The number of nitrogens with zero attached hydrogens (tertiary/aromatic N) is 4. The number of para-hydroxylation sites is 4. The second kappa shape index (κ2) is 11.0. The molecule has 1 aliphatic carbocycles. The van der Waals surface area contributed by atoms with E-state index >= 15 is 0 Å². The number of aromatic nitrogens is 4. The lowest BCUT2D eigenvalue weighted by Gasteiger charge is -2.22. The summed E-state index contributed by atoms with van der Waals surface area (Å²) in [5.41, 5.74) is 14.4. The van der Waals surface area contributed by atoms with Crippen molar-refractivity contribution in [2.75, 3.05) is 0 Å². The Labute approximate surface area is 317 Å². The van der Waals surface area contributed by atoms with Gasteiger partial charge in [0.2, 0.25) is 0 Å². The number of benzene rings is 8. The second-order valence-corrected chi connectivity index (χ2v) is 15.4. The molecular weight excluding hydrogens is 669 g/mol. The number of fused-ring (bicyclic) bond motifs is 12. The molecule has 1 aliphatic rings. The van der Waals surface area contributed by atoms with Crippen LogP contribution in [-0.2, 0) is 5.41 Å². The van der Waals surface area contributed by atoms with E-state index in [-0.39, 0.29) is 5.41 Å². The van der Waals surface area contributed by atoms with Crippen molar-refractivity contribution in [2.45, 2.75) is 19.3 Å². The zero-order valence-electron chi connectivity index (χ0n) is 30.5. The Morgan fingerprint density at radius 1 is 0.436 bits per heavy atom. The smallest absolute Gasteiger partial charge is 0.165 e. The minimum absolute atomic E-state index is 0.144. The summed E-state index contributed by atoms with van der Waals surface area (Å²) < 4.78 is 4.79. The molecule has 0 saturated heterocycles. The highest BCUT2D eigenvalue weighted by Crippen LogP contribution is 2.52. The standard InChI is InChI=1S/C51H34N4/c1-51(2)39-20-8-5-18-36(39)47-38(19-13-21-40(47)51)49-50(53-42-23-10-9-22-41(42)52-49)55-45-29-26-31-14-3-4-15-33(31)48(45)37-28-27-32(30-46(37)55)54-43-24-11-6-16-34(43)35-17-7-12-25-44(35)54/h3-30H,1-2H3. The number of hydrogen-bond acceptors (Lipinski definition) is 2. The Bertz CT molecular complexity index is 3360. The zero-order valence-corrected chi connectivity index (χ0v) is 30.5. The molecule has 0 bridgehead atoms. The highest BCUT2D eigenvalue weighted by atomic mass is 15.1. The van der Waals surface area contributed by atoms with Gasteiger partial charge < -0.3 is 4.57 Å². The molecule has 0 atom stereocenters. The normalized spacial score (nSPS) is 13.4. The molecule has 4 nitrogen and oxygen atoms in total. The molecule has 0 fully saturated rings. The quantitative estimate of drug-likeness (QED) is 0.184. The van der Waals surface area contributed by atoms with Crippen molar-refractivity contribution in [3.05, 3.63) is 181 Å². The van der Waals surface area contributed by atoms with Crippen LogP contribution in [0.4, 0.5) is 0 Å². The van der Waals surface area contributed by atoms with Gasteiger partial charge in [0.1, 0.15) is 5.69 Å². The summed E-state index contributed by atoms with van der Waals surface area (Å²) in [6, 6.07) is 61.5. The van der Waals surface area contributed by atoms with E-state index in [0.717, 1.165) is 44.8 Å². The van der Waals surface area contributed by atoms with Crippen LogP contribution in [0.1, 0.15) is 25.0 Å². The molecule has 55 heavy (non-hydrogen) atoms. The molecule has 0 radical (unpaired) electrons. The van der Waals surface area contributed by atoms with E-state index in [0.29, 0.717) is 0 Å². The minimum Gasteiger partial charge on any atom is -0.309 e. The summed E-state index contributed by atoms with van der Waals surface area (Å²) in [5, 5.41) is 7.32. The monoisotopic (exact) mass is 702 g/mol. The fraction of sp³-hybridized carbons (Fsp3) is 0.0588.